The summed E-state index contributed by atoms with van der Waals surface area (Å²) < 4.78 is 12.6. The number of hydrogen-bond acceptors (Lipinski definition) is 5. The fourth-order valence-electron chi connectivity index (χ4n) is 3.31. The first-order valence-corrected chi connectivity index (χ1v) is 9.59. The second kappa shape index (κ2) is 8.65. The normalized spacial score (nSPS) is 11.8. The van der Waals surface area contributed by atoms with Crippen LogP contribution in [0.4, 0.5) is 0 Å². The van der Waals surface area contributed by atoms with E-state index in [0.717, 1.165) is 16.8 Å². The van der Waals surface area contributed by atoms with Crippen molar-refractivity contribution in [2.75, 3.05) is 7.11 Å². The van der Waals surface area contributed by atoms with Gasteiger partial charge in [-0.15, -0.1) is 0 Å². The van der Waals surface area contributed by atoms with Gasteiger partial charge in [0.1, 0.15) is 11.8 Å². The standard InChI is InChI=1S/C23H22N4O3/c1-16-24-23(26-30-16)22(19-7-3-4-8-20(19)29-2)25-21(28)15-17-9-11-18(12-10-17)27-13-5-6-14-27/h3-14,22H,15H2,1-2H3,(H,25,28). The molecule has 0 aliphatic rings. The SMILES string of the molecule is COc1ccccc1C(NC(=O)Cc1ccc(-n2cccc2)cc1)c1noc(C)n1. The largest absolute Gasteiger partial charge is 0.496 e. The van der Waals surface area contributed by atoms with Gasteiger partial charge in [-0.3, -0.25) is 4.79 Å². The molecule has 2 aromatic carbocycles. The van der Waals surface area contributed by atoms with E-state index in [1.807, 2.05) is 77.6 Å². The van der Waals surface area contributed by atoms with Gasteiger partial charge in [0.15, 0.2) is 5.82 Å². The number of hydrogen-bond donors (Lipinski definition) is 1. The number of benzene rings is 2. The van der Waals surface area contributed by atoms with Gasteiger partial charge in [-0.2, -0.15) is 4.98 Å². The van der Waals surface area contributed by atoms with Crippen molar-refractivity contribution < 1.29 is 14.1 Å². The Bertz CT molecular complexity index is 1120. The minimum absolute atomic E-state index is 0.151. The second-order valence-electron chi connectivity index (χ2n) is 6.85. The summed E-state index contributed by atoms with van der Waals surface area (Å²) in [7, 11) is 1.59. The van der Waals surface area contributed by atoms with Gasteiger partial charge < -0.3 is 19.1 Å². The lowest BCUT2D eigenvalue weighted by molar-refractivity contribution is -0.121. The number of para-hydroxylation sites is 1. The van der Waals surface area contributed by atoms with E-state index in [1.54, 1.807) is 14.0 Å². The molecule has 0 bridgehead atoms. The Kier molecular flexibility index (Phi) is 5.61. The van der Waals surface area contributed by atoms with Crippen molar-refractivity contribution in [3.05, 3.63) is 95.9 Å². The average Bonchev–Trinajstić information content (AvgIpc) is 3.45. The number of ether oxygens (including phenoxy) is 1. The molecule has 0 aliphatic heterocycles. The summed E-state index contributed by atoms with van der Waals surface area (Å²) in [6.07, 6.45) is 4.19. The molecule has 0 aliphatic carbocycles. The lowest BCUT2D eigenvalue weighted by atomic mass is 10.0. The number of carbonyl (C=O) groups excluding carboxylic acids is 1. The van der Waals surface area contributed by atoms with Gasteiger partial charge in [0.25, 0.3) is 0 Å². The quantitative estimate of drug-likeness (QED) is 0.511. The molecule has 0 saturated heterocycles. The number of amides is 1. The molecule has 4 rings (SSSR count). The van der Waals surface area contributed by atoms with Gasteiger partial charge in [0.2, 0.25) is 11.8 Å². The van der Waals surface area contributed by atoms with E-state index < -0.39 is 6.04 Å². The predicted molar refractivity (Wildman–Crippen MR) is 111 cm³/mol. The molecule has 7 heteroatoms. The van der Waals surface area contributed by atoms with Gasteiger partial charge in [0, 0.05) is 30.6 Å². The number of nitrogens with zero attached hydrogens (tertiary/aromatic N) is 3. The van der Waals surface area contributed by atoms with Crippen LogP contribution in [0.25, 0.3) is 5.69 Å². The van der Waals surface area contributed by atoms with Crippen molar-refractivity contribution in [2.45, 2.75) is 19.4 Å². The molecular formula is C23H22N4O3. The molecule has 1 amide bonds. The Hall–Kier alpha value is -3.87. The highest BCUT2D eigenvalue weighted by Crippen LogP contribution is 2.28. The molecule has 2 aromatic heterocycles. The molecule has 0 saturated carbocycles. The van der Waals surface area contributed by atoms with Gasteiger partial charge in [0.05, 0.1) is 13.5 Å². The minimum atomic E-state index is -0.578. The van der Waals surface area contributed by atoms with Gasteiger partial charge in [-0.1, -0.05) is 35.5 Å². The number of nitrogens with one attached hydrogen (secondary N) is 1. The molecule has 1 unspecified atom stereocenters. The Morgan fingerprint density at radius 1 is 1.10 bits per heavy atom. The van der Waals surface area contributed by atoms with E-state index in [0.29, 0.717) is 17.5 Å². The highest BCUT2D eigenvalue weighted by molar-refractivity contribution is 5.79. The molecule has 1 atom stereocenters. The Morgan fingerprint density at radius 3 is 2.50 bits per heavy atom. The molecule has 0 fully saturated rings. The maximum atomic E-state index is 12.8. The number of methoxy groups -OCH3 is 1. The zero-order valence-electron chi connectivity index (χ0n) is 16.8. The average molecular weight is 402 g/mol. The summed E-state index contributed by atoms with van der Waals surface area (Å²) in [5, 5.41) is 7.03. The van der Waals surface area contributed by atoms with E-state index in [1.165, 1.54) is 0 Å². The van der Waals surface area contributed by atoms with E-state index in [4.69, 9.17) is 9.26 Å². The first-order chi connectivity index (χ1) is 14.6. The predicted octanol–water partition coefficient (Wildman–Crippen LogP) is 3.63. The van der Waals surface area contributed by atoms with Crippen molar-refractivity contribution in [3.8, 4) is 11.4 Å². The molecule has 30 heavy (non-hydrogen) atoms. The number of aryl methyl sites for hydroxylation is 1. The summed E-state index contributed by atoms with van der Waals surface area (Å²) in [5.74, 6) is 1.30. The number of rotatable bonds is 7. The third kappa shape index (κ3) is 4.25. The van der Waals surface area contributed by atoms with Crippen LogP contribution in [-0.2, 0) is 11.2 Å². The molecule has 0 spiro atoms. The molecule has 1 N–H and O–H groups in total. The van der Waals surface area contributed by atoms with Crippen LogP contribution in [0.1, 0.15) is 28.9 Å². The molecule has 4 aromatic rings. The molecule has 152 valence electrons. The van der Waals surface area contributed by atoms with Crippen LogP contribution in [0, 0.1) is 6.92 Å². The van der Waals surface area contributed by atoms with E-state index >= 15 is 0 Å². The summed E-state index contributed by atoms with van der Waals surface area (Å²) >= 11 is 0. The maximum Gasteiger partial charge on any atom is 0.225 e. The Labute approximate surface area is 174 Å². The van der Waals surface area contributed by atoms with Crippen LogP contribution >= 0.6 is 0 Å². The minimum Gasteiger partial charge on any atom is -0.496 e. The summed E-state index contributed by atoms with van der Waals surface area (Å²) in [5.41, 5.74) is 2.71. The Morgan fingerprint density at radius 2 is 1.83 bits per heavy atom. The topological polar surface area (TPSA) is 82.2 Å². The van der Waals surface area contributed by atoms with Crippen LogP contribution in [0.2, 0.25) is 0 Å². The summed E-state index contributed by atoms with van der Waals surface area (Å²) in [6, 6.07) is 18.7. The number of carbonyl (C=O) groups is 1. The highest BCUT2D eigenvalue weighted by Gasteiger charge is 2.25. The van der Waals surface area contributed by atoms with Crippen molar-refractivity contribution in [2.24, 2.45) is 0 Å². The van der Waals surface area contributed by atoms with Gasteiger partial charge >= 0.3 is 0 Å². The molecular weight excluding hydrogens is 380 g/mol. The smallest absolute Gasteiger partial charge is 0.225 e. The van der Waals surface area contributed by atoms with E-state index in [-0.39, 0.29) is 12.3 Å². The Balaban J connectivity index is 1.53. The molecule has 7 nitrogen and oxygen atoms in total. The van der Waals surface area contributed by atoms with Crippen LogP contribution in [-0.4, -0.2) is 27.7 Å². The first-order valence-electron chi connectivity index (χ1n) is 9.59. The molecule has 2 heterocycles. The zero-order chi connectivity index (χ0) is 20.9. The van der Waals surface area contributed by atoms with Crippen molar-refractivity contribution in [1.29, 1.82) is 0 Å². The fraction of sp³-hybridized carbons (Fsp3) is 0.174. The lowest BCUT2D eigenvalue weighted by Gasteiger charge is -2.18. The van der Waals surface area contributed by atoms with E-state index in [9.17, 15) is 4.79 Å². The lowest BCUT2D eigenvalue weighted by Crippen LogP contribution is -2.31. The van der Waals surface area contributed by atoms with Gasteiger partial charge in [-0.05, 0) is 35.9 Å². The van der Waals surface area contributed by atoms with Crippen LogP contribution < -0.4 is 10.1 Å². The zero-order valence-corrected chi connectivity index (χ0v) is 16.8. The highest BCUT2D eigenvalue weighted by atomic mass is 16.5. The van der Waals surface area contributed by atoms with Crippen molar-refractivity contribution in [1.82, 2.24) is 20.0 Å². The maximum absolute atomic E-state index is 12.8. The monoisotopic (exact) mass is 402 g/mol. The van der Waals surface area contributed by atoms with E-state index in [2.05, 4.69) is 15.5 Å². The van der Waals surface area contributed by atoms with Crippen LogP contribution in [0.3, 0.4) is 0 Å². The number of aromatic nitrogens is 3. The molecule has 0 radical (unpaired) electrons. The fourth-order valence-corrected chi connectivity index (χ4v) is 3.31. The van der Waals surface area contributed by atoms with Crippen LogP contribution in [0.15, 0.2) is 77.6 Å². The second-order valence-corrected chi connectivity index (χ2v) is 6.85. The van der Waals surface area contributed by atoms with Crippen LogP contribution in [0.5, 0.6) is 5.75 Å². The summed E-state index contributed by atoms with van der Waals surface area (Å²) in [4.78, 5) is 17.2. The first kappa shape index (κ1) is 19.4. The van der Waals surface area contributed by atoms with Crippen molar-refractivity contribution >= 4 is 5.91 Å². The summed E-state index contributed by atoms with van der Waals surface area (Å²) in [6.45, 7) is 1.71. The van der Waals surface area contributed by atoms with Crippen molar-refractivity contribution in [3.63, 3.8) is 0 Å². The van der Waals surface area contributed by atoms with Gasteiger partial charge in [-0.25, -0.2) is 0 Å². The third-order valence-corrected chi connectivity index (χ3v) is 4.76. The third-order valence-electron chi connectivity index (χ3n) is 4.76.